The minimum atomic E-state index is -0.357. The molecule has 0 atom stereocenters. The number of oxazole rings is 1. The Bertz CT molecular complexity index is 1350. The molecule has 7 heteroatoms. The van der Waals surface area contributed by atoms with E-state index in [2.05, 4.69) is 5.32 Å². The van der Waals surface area contributed by atoms with Crippen molar-refractivity contribution in [1.82, 2.24) is 9.47 Å². The lowest BCUT2D eigenvalue weighted by atomic mass is 10.0. The second-order valence-electron chi connectivity index (χ2n) is 8.13. The lowest BCUT2D eigenvalue weighted by molar-refractivity contribution is 0.103. The summed E-state index contributed by atoms with van der Waals surface area (Å²) in [5.74, 6) is -0.415. The fourth-order valence-corrected chi connectivity index (χ4v) is 4.32. The number of ketones is 1. The van der Waals surface area contributed by atoms with Crippen LogP contribution in [0.15, 0.2) is 88.1 Å². The molecular formula is C26H23N3O4. The third-order valence-electron chi connectivity index (χ3n) is 6.07. The zero-order chi connectivity index (χ0) is 22.8. The Balaban J connectivity index is 1.21. The van der Waals surface area contributed by atoms with Crippen LogP contribution in [0.2, 0.25) is 0 Å². The molecule has 0 aliphatic carbocycles. The number of benzene rings is 3. The fourth-order valence-electron chi connectivity index (χ4n) is 4.32. The van der Waals surface area contributed by atoms with E-state index in [9.17, 15) is 14.4 Å². The number of anilines is 1. The first kappa shape index (κ1) is 20.8. The summed E-state index contributed by atoms with van der Waals surface area (Å²) in [7, 11) is 0. The van der Waals surface area contributed by atoms with E-state index in [0.29, 0.717) is 48.3 Å². The number of hydrogen-bond acceptors (Lipinski definition) is 4. The van der Waals surface area contributed by atoms with Crippen molar-refractivity contribution in [2.24, 2.45) is 0 Å². The molecule has 0 bridgehead atoms. The van der Waals surface area contributed by atoms with Gasteiger partial charge in [0.15, 0.2) is 11.4 Å². The van der Waals surface area contributed by atoms with E-state index in [-0.39, 0.29) is 23.6 Å². The van der Waals surface area contributed by atoms with Crippen LogP contribution < -0.4 is 11.1 Å². The molecule has 166 valence electrons. The Labute approximate surface area is 190 Å². The maximum absolute atomic E-state index is 12.7. The first-order valence-corrected chi connectivity index (χ1v) is 11.0. The first-order valence-electron chi connectivity index (χ1n) is 11.0. The van der Waals surface area contributed by atoms with Gasteiger partial charge in [0.2, 0.25) is 0 Å². The standard InChI is InChI=1S/C26H23N3O4/c30-24(18-6-2-1-3-7-18)19-10-12-20(13-11-19)27-25(31)28-16-14-21(15-17-28)29-22-8-4-5-9-23(22)33-26(29)32/h1-13,21H,14-17H2,(H,27,31). The predicted molar refractivity (Wildman–Crippen MR) is 126 cm³/mol. The smallest absolute Gasteiger partial charge is 0.408 e. The molecule has 1 aliphatic rings. The minimum Gasteiger partial charge on any atom is -0.408 e. The van der Waals surface area contributed by atoms with Crippen LogP contribution in [0.4, 0.5) is 10.5 Å². The predicted octanol–water partition coefficient (Wildman–Crippen LogP) is 4.69. The van der Waals surface area contributed by atoms with Crippen molar-refractivity contribution in [2.45, 2.75) is 18.9 Å². The average Bonchev–Trinajstić information content (AvgIpc) is 3.20. The number of piperidine rings is 1. The van der Waals surface area contributed by atoms with Crippen LogP contribution in [-0.4, -0.2) is 34.4 Å². The molecule has 1 N–H and O–H groups in total. The summed E-state index contributed by atoms with van der Waals surface area (Å²) in [6, 6.07) is 23.2. The third-order valence-corrected chi connectivity index (χ3v) is 6.07. The van der Waals surface area contributed by atoms with Gasteiger partial charge >= 0.3 is 11.8 Å². The molecule has 1 aliphatic heterocycles. The van der Waals surface area contributed by atoms with Gasteiger partial charge in [-0.25, -0.2) is 9.59 Å². The Hall–Kier alpha value is -4.13. The Morgan fingerprint density at radius 2 is 1.45 bits per heavy atom. The van der Waals surface area contributed by atoms with Gasteiger partial charge in [-0.05, 0) is 49.2 Å². The number of likely N-dealkylation sites (tertiary alicyclic amines) is 1. The lowest BCUT2D eigenvalue weighted by Crippen LogP contribution is -2.42. The number of amides is 2. The number of carbonyl (C=O) groups is 2. The van der Waals surface area contributed by atoms with Gasteiger partial charge in [-0.1, -0.05) is 42.5 Å². The summed E-state index contributed by atoms with van der Waals surface area (Å²) < 4.78 is 7.05. The van der Waals surface area contributed by atoms with Crippen molar-refractivity contribution in [3.63, 3.8) is 0 Å². The van der Waals surface area contributed by atoms with Gasteiger partial charge in [0, 0.05) is 35.9 Å². The number of fused-ring (bicyclic) bond motifs is 1. The van der Waals surface area contributed by atoms with E-state index < -0.39 is 0 Å². The molecule has 0 spiro atoms. The van der Waals surface area contributed by atoms with Gasteiger partial charge in [0.1, 0.15) is 0 Å². The van der Waals surface area contributed by atoms with Crippen molar-refractivity contribution in [3.8, 4) is 0 Å². The Morgan fingerprint density at radius 1 is 0.818 bits per heavy atom. The molecule has 5 rings (SSSR count). The largest absolute Gasteiger partial charge is 0.420 e. The molecule has 1 aromatic heterocycles. The van der Waals surface area contributed by atoms with Crippen LogP contribution in [0.3, 0.4) is 0 Å². The van der Waals surface area contributed by atoms with E-state index in [4.69, 9.17) is 4.42 Å². The van der Waals surface area contributed by atoms with E-state index in [0.717, 1.165) is 5.52 Å². The van der Waals surface area contributed by atoms with Crippen molar-refractivity contribution in [3.05, 3.63) is 101 Å². The lowest BCUT2D eigenvalue weighted by Gasteiger charge is -2.32. The van der Waals surface area contributed by atoms with Crippen LogP contribution in [0.25, 0.3) is 11.1 Å². The van der Waals surface area contributed by atoms with E-state index in [1.54, 1.807) is 51.9 Å². The SMILES string of the molecule is O=C(c1ccccc1)c1ccc(NC(=O)N2CCC(n3c(=O)oc4ccccc43)CC2)cc1. The summed E-state index contributed by atoms with van der Waals surface area (Å²) >= 11 is 0. The first-order chi connectivity index (χ1) is 16.1. The second-order valence-corrected chi connectivity index (χ2v) is 8.13. The summed E-state index contributed by atoms with van der Waals surface area (Å²) in [5.41, 5.74) is 3.19. The topological polar surface area (TPSA) is 84.5 Å². The maximum atomic E-state index is 12.7. The fraction of sp³-hybridized carbons (Fsp3) is 0.192. The number of para-hydroxylation sites is 2. The molecule has 0 unspecified atom stereocenters. The number of nitrogens with one attached hydrogen (secondary N) is 1. The molecule has 0 saturated carbocycles. The molecule has 2 heterocycles. The number of carbonyl (C=O) groups excluding carboxylic acids is 2. The second kappa shape index (κ2) is 8.78. The minimum absolute atomic E-state index is 0.00603. The van der Waals surface area contributed by atoms with Crippen molar-refractivity contribution in [1.29, 1.82) is 0 Å². The Kier molecular flexibility index (Phi) is 5.52. The number of urea groups is 1. The van der Waals surface area contributed by atoms with Gasteiger partial charge in [-0.3, -0.25) is 9.36 Å². The molecule has 33 heavy (non-hydrogen) atoms. The third kappa shape index (κ3) is 4.17. The molecular weight excluding hydrogens is 418 g/mol. The van der Waals surface area contributed by atoms with Gasteiger partial charge in [-0.15, -0.1) is 0 Å². The highest BCUT2D eigenvalue weighted by Crippen LogP contribution is 2.26. The maximum Gasteiger partial charge on any atom is 0.420 e. The van der Waals surface area contributed by atoms with Gasteiger partial charge in [0.05, 0.1) is 5.52 Å². The Morgan fingerprint density at radius 3 is 2.18 bits per heavy atom. The zero-order valence-electron chi connectivity index (χ0n) is 17.9. The highest BCUT2D eigenvalue weighted by atomic mass is 16.4. The monoisotopic (exact) mass is 441 g/mol. The zero-order valence-corrected chi connectivity index (χ0v) is 17.9. The summed E-state index contributed by atoms with van der Waals surface area (Å²) in [6.45, 7) is 1.07. The molecule has 7 nitrogen and oxygen atoms in total. The van der Waals surface area contributed by atoms with E-state index in [1.165, 1.54) is 0 Å². The van der Waals surface area contributed by atoms with Gasteiger partial charge in [0.25, 0.3) is 0 Å². The molecule has 4 aromatic rings. The van der Waals surface area contributed by atoms with E-state index in [1.807, 2.05) is 36.4 Å². The van der Waals surface area contributed by atoms with Crippen LogP contribution in [0, 0.1) is 0 Å². The molecule has 3 aromatic carbocycles. The summed E-state index contributed by atoms with van der Waals surface area (Å²) in [4.78, 5) is 39.4. The van der Waals surface area contributed by atoms with Crippen LogP contribution in [0.1, 0.15) is 34.8 Å². The van der Waals surface area contributed by atoms with Gasteiger partial charge in [-0.2, -0.15) is 0 Å². The van der Waals surface area contributed by atoms with Crippen LogP contribution in [-0.2, 0) is 0 Å². The van der Waals surface area contributed by atoms with E-state index >= 15 is 0 Å². The highest BCUT2D eigenvalue weighted by molar-refractivity contribution is 6.09. The quantitative estimate of drug-likeness (QED) is 0.466. The summed E-state index contributed by atoms with van der Waals surface area (Å²) in [5, 5.41) is 2.90. The highest BCUT2D eigenvalue weighted by Gasteiger charge is 2.26. The molecule has 1 saturated heterocycles. The van der Waals surface area contributed by atoms with Crippen LogP contribution >= 0.6 is 0 Å². The van der Waals surface area contributed by atoms with Gasteiger partial charge < -0.3 is 14.6 Å². The van der Waals surface area contributed by atoms with Crippen molar-refractivity contribution >= 4 is 28.6 Å². The molecule has 2 amide bonds. The van der Waals surface area contributed by atoms with Crippen molar-refractivity contribution in [2.75, 3.05) is 18.4 Å². The molecule has 0 radical (unpaired) electrons. The van der Waals surface area contributed by atoms with Crippen LogP contribution in [0.5, 0.6) is 0 Å². The average molecular weight is 441 g/mol. The number of aromatic nitrogens is 1. The number of rotatable bonds is 4. The summed E-state index contributed by atoms with van der Waals surface area (Å²) in [6.07, 6.45) is 1.34. The number of hydrogen-bond donors (Lipinski definition) is 1. The van der Waals surface area contributed by atoms with Crippen molar-refractivity contribution < 1.29 is 14.0 Å². The number of nitrogens with zero attached hydrogens (tertiary/aromatic N) is 2. The normalized spacial score (nSPS) is 14.4. The molecule has 1 fully saturated rings.